The van der Waals surface area contributed by atoms with Crippen molar-refractivity contribution >= 4 is 31.3 Å². The first-order valence-corrected chi connectivity index (χ1v) is 10.2. The zero-order chi connectivity index (χ0) is 16.6. The van der Waals surface area contributed by atoms with Gasteiger partial charge < -0.3 is 4.74 Å². The van der Waals surface area contributed by atoms with Crippen LogP contribution in [-0.4, -0.2) is 35.9 Å². The quantitative estimate of drug-likeness (QED) is 0.354. The second-order valence-corrected chi connectivity index (χ2v) is 9.78. The number of benzene rings is 1. The Morgan fingerprint density at radius 3 is 2.09 bits per heavy atom. The van der Waals surface area contributed by atoms with E-state index in [9.17, 15) is 23.3 Å². The van der Waals surface area contributed by atoms with Gasteiger partial charge in [-0.15, -0.1) is 0 Å². The van der Waals surface area contributed by atoms with E-state index < -0.39 is 36.7 Å². The highest BCUT2D eigenvalue weighted by Crippen LogP contribution is 2.37. The number of fused-ring (bicyclic) bond motifs is 2. The van der Waals surface area contributed by atoms with Gasteiger partial charge in [0, 0.05) is 12.1 Å². The molecule has 3 unspecified atom stereocenters. The minimum atomic E-state index is -1.49. The lowest BCUT2D eigenvalue weighted by atomic mass is 10.1. The molecule has 1 aromatic rings. The number of non-ortho nitro benzene ring substituents is 1. The molecule has 1 aliphatic heterocycles. The molecule has 1 aliphatic carbocycles. The van der Waals surface area contributed by atoms with E-state index in [0.29, 0.717) is 12.8 Å². The van der Waals surface area contributed by atoms with Crippen LogP contribution in [-0.2, 0) is 24.4 Å². The van der Waals surface area contributed by atoms with E-state index in [2.05, 4.69) is 0 Å². The summed E-state index contributed by atoms with van der Waals surface area (Å²) in [5, 5.41) is 9.86. The Hall–Kier alpha value is -1.61. The van der Waals surface area contributed by atoms with Gasteiger partial charge in [-0.2, -0.15) is 0 Å². The van der Waals surface area contributed by atoms with Crippen LogP contribution in [0.25, 0.3) is 0 Å². The maximum absolute atomic E-state index is 12.2. The molecule has 1 saturated carbocycles. The van der Waals surface area contributed by atoms with Gasteiger partial charge in [0.25, 0.3) is 5.69 Å². The molecule has 0 spiro atoms. The number of nitrogens with zero attached hydrogens (tertiary/aromatic N) is 1. The number of carbonyl (C=O) groups is 1. The van der Waals surface area contributed by atoms with Crippen molar-refractivity contribution in [3.8, 4) is 0 Å². The molecule has 7 nitrogen and oxygen atoms in total. The molecule has 1 aromatic carbocycles. The largest absolute Gasteiger partial charge is 0.456 e. The average molecular weight is 357 g/mol. The molecule has 0 amide bonds. The second kappa shape index (κ2) is 6.48. The first kappa shape index (κ1) is 16.3. The Balaban J connectivity index is 1.78. The highest BCUT2D eigenvalue weighted by atomic mass is 33.1. The summed E-state index contributed by atoms with van der Waals surface area (Å²) in [6.45, 7) is 0. The van der Waals surface area contributed by atoms with Gasteiger partial charge in [-0.25, -0.2) is 13.2 Å². The van der Waals surface area contributed by atoms with Gasteiger partial charge >= 0.3 is 5.97 Å². The SMILES string of the molecule is O=C(OC1[C@H]2CCCC[C@@H]1S(=O)S2=O)c1ccc([N+](=O)[O-])cc1. The fraction of sp³-hybridized carbons (Fsp3) is 0.500. The number of nitro benzene ring substituents is 1. The number of hydrogen-bond donors (Lipinski definition) is 0. The Morgan fingerprint density at radius 2 is 1.61 bits per heavy atom. The summed E-state index contributed by atoms with van der Waals surface area (Å²) >= 11 is 0. The van der Waals surface area contributed by atoms with Gasteiger partial charge in [-0.05, 0) is 25.0 Å². The van der Waals surface area contributed by atoms with E-state index >= 15 is 0 Å². The van der Waals surface area contributed by atoms with Crippen molar-refractivity contribution in [1.29, 1.82) is 0 Å². The molecule has 3 rings (SSSR count). The molecule has 2 fully saturated rings. The van der Waals surface area contributed by atoms with Crippen LogP contribution in [0.3, 0.4) is 0 Å². The lowest BCUT2D eigenvalue weighted by molar-refractivity contribution is -0.384. The minimum absolute atomic E-state index is 0.113. The van der Waals surface area contributed by atoms with E-state index in [0.717, 1.165) is 12.8 Å². The summed E-state index contributed by atoms with van der Waals surface area (Å²) in [6.07, 6.45) is 2.42. The molecule has 23 heavy (non-hydrogen) atoms. The Labute approximate surface area is 136 Å². The number of carbonyl (C=O) groups excluding carboxylic acids is 1. The van der Waals surface area contributed by atoms with Crippen molar-refractivity contribution in [2.24, 2.45) is 0 Å². The molecular formula is C14H15NO6S2. The van der Waals surface area contributed by atoms with Gasteiger partial charge in [-0.3, -0.25) is 10.1 Å². The average Bonchev–Trinajstić information content (AvgIpc) is 2.70. The molecular weight excluding hydrogens is 342 g/mol. The fourth-order valence-corrected chi connectivity index (χ4v) is 7.91. The summed E-state index contributed by atoms with van der Waals surface area (Å²) in [4.78, 5) is 22.3. The van der Waals surface area contributed by atoms with Crippen molar-refractivity contribution in [2.75, 3.05) is 0 Å². The first-order valence-electron chi connectivity index (χ1n) is 7.26. The van der Waals surface area contributed by atoms with Crippen LogP contribution in [0.2, 0.25) is 0 Å². The van der Waals surface area contributed by atoms with Crippen LogP contribution < -0.4 is 0 Å². The van der Waals surface area contributed by atoms with Crippen molar-refractivity contribution in [3.63, 3.8) is 0 Å². The molecule has 2 bridgehead atoms. The van der Waals surface area contributed by atoms with E-state index in [1.54, 1.807) is 0 Å². The molecule has 124 valence electrons. The molecule has 1 heterocycles. The number of nitro groups is 1. The van der Waals surface area contributed by atoms with Crippen LogP contribution in [0.15, 0.2) is 24.3 Å². The third-order valence-corrected chi connectivity index (χ3v) is 8.95. The monoisotopic (exact) mass is 357 g/mol. The molecule has 0 aromatic heterocycles. The van der Waals surface area contributed by atoms with Gasteiger partial charge in [0.05, 0.1) is 21.0 Å². The van der Waals surface area contributed by atoms with Gasteiger partial charge in [0.2, 0.25) is 0 Å². The summed E-state index contributed by atoms with van der Waals surface area (Å²) in [6, 6.07) is 5.11. The normalized spacial score (nSPS) is 33.0. The number of esters is 1. The summed E-state index contributed by atoms with van der Waals surface area (Å²) in [5.74, 6) is -0.627. The Morgan fingerprint density at radius 1 is 1.09 bits per heavy atom. The highest BCUT2D eigenvalue weighted by molar-refractivity contribution is 8.62. The zero-order valence-corrected chi connectivity index (χ0v) is 13.7. The van der Waals surface area contributed by atoms with Gasteiger partial charge in [0.1, 0.15) is 25.8 Å². The highest BCUT2D eigenvalue weighted by Gasteiger charge is 2.50. The molecule has 0 radical (unpaired) electrons. The standard InChI is InChI=1S/C14H15NO6S2/c16-14(9-5-7-10(8-6-9)15(17)18)21-13-11-3-1-2-4-12(13)23(20)22(11)19/h5-8,11-13H,1-4H2/t11-,12+,13?,22?,23?. The van der Waals surface area contributed by atoms with Gasteiger partial charge in [0.15, 0.2) is 0 Å². The van der Waals surface area contributed by atoms with Crippen LogP contribution >= 0.6 is 0 Å². The van der Waals surface area contributed by atoms with Crippen LogP contribution in [0, 0.1) is 10.1 Å². The van der Waals surface area contributed by atoms with Crippen LogP contribution in [0.5, 0.6) is 0 Å². The van der Waals surface area contributed by atoms with E-state index in [1.807, 2.05) is 0 Å². The number of rotatable bonds is 3. The first-order chi connectivity index (χ1) is 11.0. The van der Waals surface area contributed by atoms with Crippen molar-refractivity contribution < 1.29 is 22.9 Å². The summed E-state index contributed by atoms with van der Waals surface area (Å²) in [5.41, 5.74) is 0.0779. The maximum Gasteiger partial charge on any atom is 0.338 e. The fourth-order valence-electron chi connectivity index (χ4n) is 2.98. The summed E-state index contributed by atoms with van der Waals surface area (Å²) in [7, 11) is -2.98. The Bertz CT molecular complexity index is 665. The lowest BCUT2D eigenvalue weighted by Crippen LogP contribution is -2.34. The number of ether oxygens (including phenoxy) is 1. The van der Waals surface area contributed by atoms with Gasteiger partial charge in [-0.1, -0.05) is 12.8 Å². The smallest absolute Gasteiger partial charge is 0.338 e. The van der Waals surface area contributed by atoms with Crippen molar-refractivity contribution in [3.05, 3.63) is 39.9 Å². The maximum atomic E-state index is 12.2. The molecule has 9 heteroatoms. The third-order valence-electron chi connectivity index (χ3n) is 4.17. The predicted octanol–water partition coefficient (Wildman–Crippen LogP) is 1.86. The molecule has 2 aliphatic rings. The van der Waals surface area contributed by atoms with Crippen LogP contribution in [0.1, 0.15) is 36.0 Å². The van der Waals surface area contributed by atoms with E-state index in [-0.39, 0.29) is 21.8 Å². The topological polar surface area (TPSA) is 104 Å². The van der Waals surface area contributed by atoms with E-state index in [1.165, 1.54) is 24.3 Å². The molecule has 1 saturated heterocycles. The second-order valence-electron chi connectivity index (χ2n) is 5.56. The summed E-state index contributed by atoms with van der Waals surface area (Å²) < 4.78 is 29.8. The van der Waals surface area contributed by atoms with Crippen LogP contribution in [0.4, 0.5) is 5.69 Å². The van der Waals surface area contributed by atoms with Crippen molar-refractivity contribution in [2.45, 2.75) is 42.3 Å². The van der Waals surface area contributed by atoms with Crippen molar-refractivity contribution in [1.82, 2.24) is 0 Å². The Kier molecular flexibility index (Phi) is 4.58. The minimum Gasteiger partial charge on any atom is -0.456 e. The number of hydrogen-bond acceptors (Lipinski definition) is 6. The molecule has 5 atom stereocenters. The predicted molar refractivity (Wildman–Crippen MR) is 84.6 cm³/mol. The lowest BCUT2D eigenvalue weighted by Gasteiger charge is -2.19. The van der Waals surface area contributed by atoms with E-state index in [4.69, 9.17) is 4.74 Å². The third kappa shape index (κ3) is 3.07. The zero-order valence-electron chi connectivity index (χ0n) is 12.1. The molecule has 0 N–H and O–H groups in total.